The molecule has 0 bridgehead atoms. The summed E-state index contributed by atoms with van der Waals surface area (Å²) in [5.74, 6) is 0.600. The van der Waals surface area contributed by atoms with Crippen molar-refractivity contribution in [1.29, 1.82) is 5.26 Å². The Bertz CT molecular complexity index is 625. The molecular formula is C16H16ClN3O. The second-order valence-corrected chi connectivity index (χ2v) is 5.02. The van der Waals surface area contributed by atoms with Crippen molar-refractivity contribution in [2.24, 2.45) is 0 Å². The van der Waals surface area contributed by atoms with Gasteiger partial charge in [0.2, 0.25) is 0 Å². The zero-order chi connectivity index (χ0) is 15.1. The van der Waals surface area contributed by atoms with E-state index >= 15 is 0 Å². The lowest BCUT2D eigenvalue weighted by Gasteiger charge is -2.19. The molecule has 1 aromatic carbocycles. The monoisotopic (exact) mass is 301 g/mol. The summed E-state index contributed by atoms with van der Waals surface area (Å²) in [5.41, 5.74) is 1.32. The van der Waals surface area contributed by atoms with Crippen LogP contribution in [0.25, 0.3) is 0 Å². The van der Waals surface area contributed by atoms with Gasteiger partial charge in [-0.15, -0.1) is 0 Å². The molecule has 1 heterocycles. The molecule has 5 heteroatoms. The fraction of sp³-hybridized carbons (Fsp3) is 0.250. The van der Waals surface area contributed by atoms with Crippen LogP contribution in [0.5, 0.6) is 0 Å². The van der Waals surface area contributed by atoms with Gasteiger partial charge >= 0.3 is 0 Å². The summed E-state index contributed by atoms with van der Waals surface area (Å²) in [6.07, 6.45) is 1.46. The zero-order valence-electron chi connectivity index (χ0n) is 11.5. The van der Waals surface area contributed by atoms with Gasteiger partial charge in [-0.2, -0.15) is 5.26 Å². The van der Waals surface area contributed by atoms with Gasteiger partial charge in [0.15, 0.2) is 5.69 Å². The first-order valence-electron chi connectivity index (χ1n) is 6.73. The molecule has 0 saturated heterocycles. The van der Waals surface area contributed by atoms with E-state index in [4.69, 9.17) is 22.0 Å². The summed E-state index contributed by atoms with van der Waals surface area (Å²) in [7, 11) is 0. The molecule has 1 atom stereocenters. The highest BCUT2D eigenvalue weighted by atomic mass is 35.5. The molecule has 0 aliphatic rings. The van der Waals surface area contributed by atoms with Gasteiger partial charge in [-0.05, 0) is 30.5 Å². The maximum Gasteiger partial charge on any atom is 0.161 e. The first-order valence-corrected chi connectivity index (χ1v) is 7.11. The van der Waals surface area contributed by atoms with Crippen LogP contribution in [0.2, 0.25) is 5.02 Å². The normalized spacial score (nSPS) is 11.7. The van der Waals surface area contributed by atoms with Crippen molar-refractivity contribution in [3.05, 3.63) is 58.7 Å². The second-order valence-electron chi connectivity index (χ2n) is 4.61. The van der Waals surface area contributed by atoms with E-state index in [0.29, 0.717) is 17.3 Å². The number of aliphatic hydroxyl groups excluding tert-OH is 1. The molecule has 1 aromatic heterocycles. The molecular weight excluding hydrogens is 286 g/mol. The number of aliphatic hydroxyl groups is 1. The Morgan fingerprint density at radius 1 is 1.24 bits per heavy atom. The summed E-state index contributed by atoms with van der Waals surface area (Å²) in [6.45, 7) is 0.141. The third kappa shape index (κ3) is 4.19. The molecule has 108 valence electrons. The van der Waals surface area contributed by atoms with Crippen LogP contribution in [0, 0.1) is 11.3 Å². The lowest BCUT2D eigenvalue weighted by molar-refractivity contribution is 0.281. The minimum Gasteiger partial charge on any atom is -0.396 e. The number of nitriles is 1. The highest BCUT2D eigenvalue weighted by Gasteiger charge is 2.12. The summed E-state index contributed by atoms with van der Waals surface area (Å²) in [4.78, 5) is 4.20. The van der Waals surface area contributed by atoms with Gasteiger partial charge in [-0.25, -0.2) is 4.98 Å². The van der Waals surface area contributed by atoms with Gasteiger partial charge in [0.25, 0.3) is 0 Å². The van der Waals surface area contributed by atoms with E-state index < -0.39 is 0 Å². The molecule has 0 radical (unpaired) electrons. The summed E-state index contributed by atoms with van der Waals surface area (Å²) in [6, 6.07) is 15.3. The number of hydrogen-bond donors (Lipinski definition) is 2. The van der Waals surface area contributed by atoms with Gasteiger partial charge in [0.1, 0.15) is 11.9 Å². The maximum atomic E-state index is 9.04. The van der Waals surface area contributed by atoms with E-state index in [1.165, 1.54) is 0 Å². The van der Waals surface area contributed by atoms with Crippen molar-refractivity contribution in [2.45, 2.75) is 18.9 Å². The number of nitrogens with zero attached hydrogens (tertiary/aromatic N) is 2. The summed E-state index contributed by atoms with van der Waals surface area (Å²) in [5, 5.41) is 21.7. The van der Waals surface area contributed by atoms with Crippen molar-refractivity contribution in [3.63, 3.8) is 0 Å². The number of anilines is 1. The quantitative estimate of drug-likeness (QED) is 0.856. The predicted octanol–water partition coefficient (Wildman–Crippen LogP) is 3.53. The molecule has 2 N–H and O–H groups in total. The Labute approximate surface area is 129 Å². The van der Waals surface area contributed by atoms with E-state index in [9.17, 15) is 0 Å². The fourth-order valence-corrected chi connectivity index (χ4v) is 2.23. The molecule has 0 amide bonds. The number of hydrogen-bond acceptors (Lipinski definition) is 4. The molecule has 0 fully saturated rings. The van der Waals surface area contributed by atoms with Gasteiger partial charge in [-0.1, -0.05) is 41.9 Å². The van der Waals surface area contributed by atoms with Crippen molar-refractivity contribution >= 4 is 17.4 Å². The summed E-state index contributed by atoms with van der Waals surface area (Å²) >= 11 is 5.89. The Kier molecular flexibility index (Phi) is 5.56. The molecule has 2 aromatic rings. The predicted molar refractivity (Wildman–Crippen MR) is 83.1 cm³/mol. The molecule has 4 nitrogen and oxygen atoms in total. The van der Waals surface area contributed by atoms with Crippen molar-refractivity contribution in [1.82, 2.24) is 4.98 Å². The second kappa shape index (κ2) is 7.63. The average Bonchev–Trinajstić information content (AvgIpc) is 2.53. The number of nitrogens with one attached hydrogen (secondary N) is 1. The number of pyridine rings is 1. The van der Waals surface area contributed by atoms with E-state index in [-0.39, 0.29) is 18.3 Å². The van der Waals surface area contributed by atoms with E-state index in [2.05, 4.69) is 10.3 Å². The summed E-state index contributed by atoms with van der Waals surface area (Å²) < 4.78 is 0. The SMILES string of the molecule is N#Cc1nc(NC(CCCO)c2ccccc2)ccc1Cl. The smallest absolute Gasteiger partial charge is 0.161 e. The van der Waals surface area contributed by atoms with Crippen molar-refractivity contribution < 1.29 is 5.11 Å². The molecule has 1 unspecified atom stereocenters. The highest BCUT2D eigenvalue weighted by molar-refractivity contribution is 6.31. The van der Waals surface area contributed by atoms with Crippen LogP contribution in [0.4, 0.5) is 5.82 Å². The fourth-order valence-electron chi connectivity index (χ4n) is 2.08. The standard InChI is InChI=1S/C16H16ClN3O/c17-13-8-9-16(20-15(13)11-18)19-14(7-4-10-21)12-5-2-1-3-6-12/h1-3,5-6,8-9,14,21H,4,7,10H2,(H,19,20). The van der Waals surface area contributed by atoms with E-state index in [1.54, 1.807) is 12.1 Å². The van der Waals surface area contributed by atoms with Gasteiger partial charge in [0.05, 0.1) is 11.1 Å². The Morgan fingerprint density at radius 3 is 2.67 bits per heavy atom. The molecule has 0 spiro atoms. The van der Waals surface area contributed by atoms with E-state index in [0.717, 1.165) is 12.0 Å². The van der Waals surface area contributed by atoms with Crippen LogP contribution < -0.4 is 5.32 Å². The third-order valence-electron chi connectivity index (χ3n) is 3.13. The average molecular weight is 302 g/mol. The Morgan fingerprint density at radius 2 is 2.00 bits per heavy atom. The van der Waals surface area contributed by atoms with Crippen LogP contribution in [0.15, 0.2) is 42.5 Å². The maximum absolute atomic E-state index is 9.04. The van der Waals surface area contributed by atoms with Crippen LogP contribution in [0.3, 0.4) is 0 Å². The van der Waals surface area contributed by atoms with Crippen LogP contribution in [-0.2, 0) is 0 Å². The highest BCUT2D eigenvalue weighted by Crippen LogP contribution is 2.24. The van der Waals surface area contributed by atoms with Crippen molar-refractivity contribution in [3.8, 4) is 6.07 Å². The molecule has 21 heavy (non-hydrogen) atoms. The molecule has 0 aliphatic carbocycles. The van der Waals surface area contributed by atoms with Gasteiger partial charge < -0.3 is 10.4 Å². The van der Waals surface area contributed by atoms with Crippen LogP contribution in [-0.4, -0.2) is 16.7 Å². The number of rotatable bonds is 6. The number of halogens is 1. The number of aromatic nitrogens is 1. The Hall–Kier alpha value is -2.09. The van der Waals surface area contributed by atoms with Crippen LogP contribution in [0.1, 0.15) is 30.1 Å². The first kappa shape index (κ1) is 15.3. The zero-order valence-corrected chi connectivity index (χ0v) is 12.2. The molecule has 0 saturated carbocycles. The van der Waals surface area contributed by atoms with Gasteiger partial charge in [0, 0.05) is 6.61 Å². The topological polar surface area (TPSA) is 68.9 Å². The molecule has 2 rings (SSSR count). The largest absolute Gasteiger partial charge is 0.396 e. The van der Waals surface area contributed by atoms with Gasteiger partial charge in [-0.3, -0.25) is 0 Å². The molecule has 0 aliphatic heterocycles. The third-order valence-corrected chi connectivity index (χ3v) is 3.43. The van der Waals surface area contributed by atoms with E-state index in [1.807, 2.05) is 36.4 Å². The minimum atomic E-state index is 0.0265. The lowest BCUT2D eigenvalue weighted by Crippen LogP contribution is -2.12. The Balaban J connectivity index is 2.21. The van der Waals surface area contributed by atoms with Crippen molar-refractivity contribution in [2.75, 3.05) is 11.9 Å². The minimum absolute atomic E-state index is 0.0265. The van der Waals surface area contributed by atoms with Crippen LogP contribution >= 0.6 is 11.6 Å². The lowest BCUT2D eigenvalue weighted by atomic mass is 10.0. The first-order chi connectivity index (χ1) is 10.2. The number of benzene rings is 1.